The summed E-state index contributed by atoms with van der Waals surface area (Å²) in [4.78, 5) is 15.6. The van der Waals surface area contributed by atoms with E-state index >= 15 is 0 Å². The van der Waals surface area contributed by atoms with Gasteiger partial charge in [0.2, 0.25) is 0 Å². The summed E-state index contributed by atoms with van der Waals surface area (Å²) in [7, 11) is 0. The molecule has 1 aromatic heterocycles. The predicted molar refractivity (Wildman–Crippen MR) is 67.5 cm³/mol. The monoisotopic (exact) mass is 251 g/mol. The van der Waals surface area contributed by atoms with Gasteiger partial charge in [-0.05, 0) is 24.3 Å². The second kappa shape index (κ2) is 4.92. The average Bonchev–Trinajstić information content (AvgIpc) is 2.77. The Kier molecular flexibility index (Phi) is 3.50. The Hall–Kier alpha value is -1.65. The van der Waals surface area contributed by atoms with Gasteiger partial charge >= 0.3 is 0 Å². The fourth-order valence-electron chi connectivity index (χ4n) is 2.43. The first-order chi connectivity index (χ1) is 8.50. The first-order valence-corrected chi connectivity index (χ1v) is 6.19. The van der Waals surface area contributed by atoms with Gasteiger partial charge in [0.25, 0.3) is 5.91 Å². The van der Waals surface area contributed by atoms with E-state index in [9.17, 15) is 9.18 Å². The molecule has 98 valence electrons. The summed E-state index contributed by atoms with van der Waals surface area (Å²) >= 11 is 0. The maximum Gasteiger partial charge on any atom is 0.255 e. The van der Waals surface area contributed by atoms with Crippen molar-refractivity contribution in [1.29, 1.82) is 0 Å². The summed E-state index contributed by atoms with van der Waals surface area (Å²) in [6.07, 6.45) is 5.64. The lowest BCUT2D eigenvalue weighted by Crippen LogP contribution is -2.34. The van der Waals surface area contributed by atoms with E-state index in [0.717, 1.165) is 25.1 Å². The molecule has 0 spiro atoms. The van der Waals surface area contributed by atoms with E-state index in [-0.39, 0.29) is 22.7 Å². The van der Waals surface area contributed by atoms with E-state index in [4.69, 9.17) is 5.73 Å². The zero-order valence-electron chi connectivity index (χ0n) is 10.5. The Labute approximate surface area is 106 Å². The van der Waals surface area contributed by atoms with Crippen molar-refractivity contribution in [2.45, 2.75) is 32.6 Å². The van der Waals surface area contributed by atoms with Crippen LogP contribution < -0.4 is 11.1 Å². The third-order valence-corrected chi connectivity index (χ3v) is 3.62. The molecule has 5 heteroatoms. The molecular weight excluding hydrogens is 233 g/mol. The van der Waals surface area contributed by atoms with Crippen LogP contribution in [-0.4, -0.2) is 17.4 Å². The summed E-state index contributed by atoms with van der Waals surface area (Å²) in [6, 6.07) is 1.12. The Morgan fingerprint density at radius 3 is 2.89 bits per heavy atom. The number of carbonyl (C=O) groups is 1. The highest BCUT2D eigenvalue weighted by molar-refractivity contribution is 5.98. The summed E-state index contributed by atoms with van der Waals surface area (Å²) in [5.41, 5.74) is 5.83. The molecule has 0 aromatic carbocycles. The van der Waals surface area contributed by atoms with Gasteiger partial charge in [-0.3, -0.25) is 4.79 Å². The molecule has 18 heavy (non-hydrogen) atoms. The van der Waals surface area contributed by atoms with Crippen LogP contribution in [0.3, 0.4) is 0 Å². The molecule has 1 heterocycles. The molecule has 1 aliphatic carbocycles. The van der Waals surface area contributed by atoms with Crippen molar-refractivity contribution in [2.75, 3.05) is 12.3 Å². The third kappa shape index (κ3) is 2.78. The van der Waals surface area contributed by atoms with Crippen LogP contribution in [0, 0.1) is 11.2 Å². The Morgan fingerprint density at radius 2 is 2.22 bits per heavy atom. The van der Waals surface area contributed by atoms with Crippen molar-refractivity contribution in [2.24, 2.45) is 5.41 Å². The summed E-state index contributed by atoms with van der Waals surface area (Å²) in [6.45, 7) is 2.76. The van der Waals surface area contributed by atoms with Crippen LogP contribution in [0.25, 0.3) is 0 Å². The minimum absolute atomic E-state index is 0.0606. The number of amides is 1. The minimum Gasteiger partial charge on any atom is -0.383 e. The number of nitrogens with two attached hydrogens (primary N) is 1. The average molecular weight is 251 g/mol. The largest absolute Gasteiger partial charge is 0.383 e. The van der Waals surface area contributed by atoms with Crippen LogP contribution in [0.5, 0.6) is 0 Å². The van der Waals surface area contributed by atoms with E-state index in [2.05, 4.69) is 17.2 Å². The number of pyridine rings is 1. The second-order valence-electron chi connectivity index (χ2n) is 5.29. The van der Waals surface area contributed by atoms with Crippen LogP contribution in [0.15, 0.2) is 12.3 Å². The Morgan fingerprint density at radius 1 is 1.56 bits per heavy atom. The van der Waals surface area contributed by atoms with Gasteiger partial charge < -0.3 is 11.1 Å². The lowest BCUT2D eigenvalue weighted by atomic mass is 9.89. The number of rotatable bonds is 3. The van der Waals surface area contributed by atoms with E-state index in [0.29, 0.717) is 6.54 Å². The first kappa shape index (κ1) is 12.8. The number of hydrogen-bond donors (Lipinski definition) is 2. The second-order valence-corrected chi connectivity index (χ2v) is 5.29. The Balaban J connectivity index is 2.01. The number of nitrogens with one attached hydrogen (secondary N) is 1. The number of carbonyl (C=O) groups excluding carboxylic acids is 1. The van der Waals surface area contributed by atoms with Gasteiger partial charge in [-0.1, -0.05) is 19.8 Å². The van der Waals surface area contributed by atoms with Crippen molar-refractivity contribution < 1.29 is 9.18 Å². The standard InChI is InChI=1S/C13H18FN3O/c1-13(4-2-3-5-13)8-17-12(18)10-6-9(14)7-16-11(10)15/h6-7H,2-5,8H2,1H3,(H2,15,16)(H,17,18). The fraction of sp³-hybridized carbons (Fsp3) is 0.538. The van der Waals surface area contributed by atoms with Gasteiger partial charge in [-0.15, -0.1) is 0 Å². The summed E-state index contributed by atoms with van der Waals surface area (Å²) < 4.78 is 13.0. The van der Waals surface area contributed by atoms with Crippen LogP contribution in [0.2, 0.25) is 0 Å². The van der Waals surface area contributed by atoms with E-state index in [1.165, 1.54) is 12.8 Å². The molecule has 0 atom stereocenters. The van der Waals surface area contributed by atoms with Gasteiger partial charge in [0, 0.05) is 6.54 Å². The lowest BCUT2D eigenvalue weighted by Gasteiger charge is -2.23. The van der Waals surface area contributed by atoms with E-state index in [1.807, 2.05) is 0 Å². The van der Waals surface area contributed by atoms with Gasteiger partial charge in [-0.25, -0.2) is 9.37 Å². The molecule has 1 amide bonds. The van der Waals surface area contributed by atoms with Gasteiger partial charge in [0.1, 0.15) is 11.6 Å². The molecule has 0 radical (unpaired) electrons. The number of hydrogen-bond acceptors (Lipinski definition) is 3. The van der Waals surface area contributed by atoms with E-state index in [1.54, 1.807) is 0 Å². The number of nitrogens with zero attached hydrogens (tertiary/aromatic N) is 1. The predicted octanol–water partition coefficient (Wildman–Crippen LogP) is 2.11. The smallest absolute Gasteiger partial charge is 0.255 e. The van der Waals surface area contributed by atoms with Crippen LogP contribution >= 0.6 is 0 Å². The summed E-state index contributed by atoms with van der Waals surface area (Å²) in [5.74, 6) is -0.848. The molecule has 0 aliphatic heterocycles. The highest BCUT2D eigenvalue weighted by Gasteiger charge is 2.29. The molecule has 1 aromatic rings. The molecule has 4 nitrogen and oxygen atoms in total. The molecule has 1 aliphatic rings. The van der Waals surface area contributed by atoms with Crippen molar-refractivity contribution in [3.63, 3.8) is 0 Å². The topological polar surface area (TPSA) is 68.0 Å². The molecule has 1 saturated carbocycles. The highest BCUT2D eigenvalue weighted by Crippen LogP contribution is 2.36. The first-order valence-electron chi connectivity index (χ1n) is 6.19. The zero-order chi connectivity index (χ0) is 13.2. The third-order valence-electron chi connectivity index (χ3n) is 3.62. The minimum atomic E-state index is -0.554. The van der Waals surface area contributed by atoms with Crippen LogP contribution in [0.1, 0.15) is 43.0 Å². The van der Waals surface area contributed by atoms with Gasteiger partial charge in [-0.2, -0.15) is 0 Å². The maximum atomic E-state index is 13.0. The number of halogens is 1. The molecule has 0 unspecified atom stereocenters. The van der Waals surface area contributed by atoms with E-state index < -0.39 is 5.82 Å². The number of anilines is 1. The fourth-order valence-corrected chi connectivity index (χ4v) is 2.43. The summed E-state index contributed by atoms with van der Waals surface area (Å²) in [5, 5.41) is 2.82. The zero-order valence-corrected chi connectivity index (χ0v) is 10.5. The van der Waals surface area contributed by atoms with Crippen molar-refractivity contribution in [3.8, 4) is 0 Å². The molecule has 2 rings (SSSR count). The highest BCUT2D eigenvalue weighted by atomic mass is 19.1. The SMILES string of the molecule is CC1(CNC(=O)c2cc(F)cnc2N)CCCC1. The van der Waals surface area contributed by atoms with Crippen molar-refractivity contribution in [1.82, 2.24) is 10.3 Å². The molecule has 0 saturated heterocycles. The van der Waals surface area contributed by atoms with Crippen molar-refractivity contribution >= 4 is 11.7 Å². The molecule has 1 fully saturated rings. The van der Waals surface area contributed by atoms with Crippen LogP contribution in [0.4, 0.5) is 10.2 Å². The molecule has 3 N–H and O–H groups in total. The van der Waals surface area contributed by atoms with Gasteiger partial charge in [0.15, 0.2) is 0 Å². The normalized spacial score (nSPS) is 17.7. The van der Waals surface area contributed by atoms with Gasteiger partial charge in [0.05, 0.1) is 11.8 Å². The van der Waals surface area contributed by atoms with Crippen LogP contribution in [-0.2, 0) is 0 Å². The molecule has 0 bridgehead atoms. The Bertz CT molecular complexity index is 456. The maximum absolute atomic E-state index is 13.0. The number of aromatic nitrogens is 1. The quantitative estimate of drug-likeness (QED) is 0.864. The lowest BCUT2D eigenvalue weighted by molar-refractivity contribution is 0.0934. The molecular formula is C13H18FN3O. The number of nitrogen functional groups attached to an aromatic ring is 1. The van der Waals surface area contributed by atoms with Crippen molar-refractivity contribution in [3.05, 3.63) is 23.6 Å².